The Balaban J connectivity index is 1.62. The number of nitrogens with zero attached hydrogens (tertiary/aromatic N) is 3. The van der Waals surface area contributed by atoms with E-state index in [1.54, 1.807) is 35.6 Å². The van der Waals surface area contributed by atoms with Gasteiger partial charge < -0.3 is 4.90 Å². The molecule has 4 aromatic rings. The molecule has 128 valence electrons. The minimum absolute atomic E-state index is 0.00147. The van der Waals surface area contributed by atoms with Crippen LogP contribution in [0, 0.1) is 0 Å². The molecule has 5 heteroatoms. The van der Waals surface area contributed by atoms with Gasteiger partial charge in [-0.3, -0.25) is 9.78 Å². The van der Waals surface area contributed by atoms with Gasteiger partial charge in [-0.05, 0) is 48.0 Å². The predicted octanol–water partition coefficient (Wildman–Crippen LogP) is 4.91. The maximum Gasteiger partial charge on any atom is 0.224 e. The fraction of sp³-hybridized carbons (Fsp3) is 0.0952. The number of amides is 1. The van der Waals surface area contributed by atoms with Crippen molar-refractivity contribution < 1.29 is 4.79 Å². The number of carbonyl (C=O) groups is 1. The Morgan fingerprint density at radius 1 is 1.04 bits per heavy atom. The fourth-order valence-electron chi connectivity index (χ4n) is 2.84. The van der Waals surface area contributed by atoms with Crippen molar-refractivity contribution >= 4 is 33.1 Å². The Hall–Kier alpha value is -3.05. The molecule has 0 aliphatic rings. The highest BCUT2D eigenvalue weighted by Crippen LogP contribution is 2.31. The molecule has 0 saturated carbocycles. The van der Waals surface area contributed by atoms with Gasteiger partial charge in [-0.25, -0.2) is 4.98 Å². The van der Waals surface area contributed by atoms with Gasteiger partial charge in [-0.1, -0.05) is 18.2 Å². The third-order valence-electron chi connectivity index (χ3n) is 4.16. The molecule has 0 radical (unpaired) electrons. The van der Waals surface area contributed by atoms with Gasteiger partial charge in [-0.15, -0.1) is 11.3 Å². The lowest BCUT2D eigenvalue weighted by molar-refractivity contribution is -0.116. The molecule has 0 unspecified atom stereocenters. The molecule has 0 saturated heterocycles. The van der Waals surface area contributed by atoms with Crippen LogP contribution in [0.2, 0.25) is 0 Å². The highest BCUT2D eigenvalue weighted by Gasteiger charge is 2.13. The lowest BCUT2D eigenvalue weighted by atomic mass is 10.2. The molecule has 2 heterocycles. The lowest BCUT2D eigenvalue weighted by Crippen LogP contribution is -2.27. The number of fused-ring (bicyclic) bond motifs is 1. The Kier molecular flexibility index (Phi) is 4.46. The number of hydrogen-bond acceptors (Lipinski definition) is 4. The van der Waals surface area contributed by atoms with Crippen LogP contribution in [0.4, 0.5) is 5.69 Å². The molecule has 2 aromatic heterocycles. The summed E-state index contributed by atoms with van der Waals surface area (Å²) in [5.74, 6) is 0.00147. The largest absolute Gasteiger partial charge is 0.308 e. The van der Waals surface area contributed by atoms with Gasteiger partial charge in [0.1, 0.15) is 5.01 Å². The van der Waals surface area contributed by atoms with E-state index in [-0.39, 0.29) is 5.91 Å². The Morgan fingerprint density at radius 2 is 1.85 bits per heavy atom. The number of carbonyl (C=O) groups excluding carboxylic acids is 1. The second-order valence-corrected chi connectivity index (χ2v) is 7.03. The maximum atomic E-state index is 12.1. The standard InChI is InChI=1S/C21H17N3OS/c1-15(25)24(14-16-5-4-12-22-13-16)18-10-8-17(9-11-18)21-23-19-6-2-3-7-20(19)26-21/h2-13H,14H2,1H3. The first-order valence-electron chi connectivity index (χ1n) is 8.34. The molecule has 2 aromatic carbocycles. The second kappa shape index (κ2) is 7.06. The van der Waals surface area contributed by atoms with Gasteiger partial charge in [0.15, 0.2) is 0 Å². The van der Waals surface area contributed by atoms with E-state index in [9.17, 15) is 4.79 Å². The predicted molar refractivity (Wildman–Crippen MR) is 106 cm³/mol. The Labute approximate surface area is 155 Å². The van der Waals surface area contributed by atoms with E-state index in [4.69, 9.17) is 4.98 Å². The van der Waals surface area contributed by atoms with Crippen LogP contribution in [-0.4, -0.2) is 15.9 Å². The first-order valence-corrected chi connectivity index (χ1v) is 9.15. The van der Waals surface area contributed by atoms with Crippen molar-refractivity contribution in [2.24, 2.45) is 0 Å². The third-order valence-corrected chi connectivity index (χ3v) is 5.25. The third kappa shape index (κ3) is 3.34. The minimum Gasteiger partial charge on any atom is -0.308 e. The van der Waals surface area contributed by atoms with E-state index >= 15 is 0 Å². The number of para-hydroxylation sites is 1. The number of aromatic nitrogens is 2. The highest BCUT2D eigenvalue weighted by atomic mass is 32.1. The summed E-state index contributed by atoms with van der Waals surface area (Å²) < 4.78 is 1.17. The molecular formula is C21H17N3OS. The monoisotopic (exact) mass is 359 g/mol. The van der Waals surface area contributed by atoms with Crippen LogP contribution in [-0.2, 0) is 11.3 Å². The minimum atomic E-state index is 0.00147. The molecule has 1 amide bonds. The first-order chi connectivity index (χ1) is 12.7. The van der Waals surface area contributed by atoms with Gasteiger partial charge in [0.2, 0.25) is 5.91 Å². The number of pyridine rings is 1. The second-order valence-electron chi connectivity index (χ2n) is 6.00. The molecule has 4 nitrogen and oxygen atoms in total. The van der Waals surface area contributed by atoms with Gasteiger partial charge >= 0.3 is 0 Å². The van der Waals surface area contributed by atoms with E-state index in [0.717, 1.165) is 27.3 Å². The molecule has 0 N–H and O–H groups in total. The van der Waals surface area contributed by atoms with Gasteiger partial charge in [0.05, 0.1) is 16.8 Å². The lowest BCUT2D eigenvalue weighted by Gasteiger charge is -2.21. The van der Waals surface area contributed by atoms with Crippen molar-refractivity contribution in [1.82, 2.24) is 9.97 Å². The van der Waals surface area contributed by atoms with Gasteiger partial charge in [0.25, 0.3) is 0 Å². The number of rotatable bonds is 4. The summed E-state index contributed by atoms with van der Waals surface area (Å²) in [4.78, 5) is 22.7. The van der Waals surface area contributed by atoms with Crippen LogP contribution in [0.25, 0.3) is 20.8 Å². The zero-order chi connectivity index (χ0) is 17.9. The van der Waals surface area contributed by atoms with Crippen molar-refractivity contribution in [3.05, 3.63) is 78.6 Å². The molecule has 0 fully saturated rings. The molecule has 0 aliphatic heterocycles. The smallest absolute Gasteiger partial charge is 0.224 e. The average Bonchev–Trinajstić information content (AvgIpc) is 3.11. The molecular weight excluding hydrogens is 342 g/mol. The number of hydrogen-bond donors (Lipinski definition) is 0. The van der Waals surface area contributed by atoms with Crippen LogP contribution in [0.5, 0.6) is 0 Å². The number of benzene rings is 2. The number of anilines is 1. The zero-order valence-corrected chi connectivity index (χ0v) is 15.1. The molecule has 0 aliphatic carbocycles. The van der Waals surface area contributed by atoms with Crippen molar-refractivity contribution in [2.45, 2.75) is 13.5 Å². The summed E-state index contributed by atoms with van der Waals surface area (Å²) in [6.07, 6.45) is 3.51. The summed E-state index contributed by atoms with van der Waals surface area (Å²) in [7, 11) is 0. The quantitative estimate of drug-likeness (QED) is 0.520. The SMILES string of the molecule is CC(=O)N(Cc1cccnc1)c1ccc(-c2nc3ccccc3s2)cc1. The zero-order valence-electron chi connectivity index (χ0n) is 14.3. The molecule has 26 heavy (non-hydrogen) atoms. The molecule has 4 rings (SSSR count). The fourth-order valence-corrected chi connectivity index (χ4v) is 3.81. The van der Waals surface area contributed by atoms with E-state index in [2.05, 4.69) is 11.1 Å². The van der Waals surface area contributed by atoms with Gasteiger partial charge in [-0.2, -0.15) is 0 Å². The summed E-state index contributed by atoms with van der Waals surface area (Å²) in [6, 6.07) is 20.0. The van der Waals surface area contributed by atoms with Crippen molar-refractivity contribution in [3.8, 4) is 10.6 Å². The van der Waals surface area contributed by atoms with Crippen LogP contribution in [0.15, 0.2) is 73.1 Å². The van der Waals surface area contributed by atoms with E-state index in [1.807, 2.05) is 54.6 Å². The van der Waals surface area contributed by atoms with Crippen molar-refractivity contribution in [3.63, 3.8) is 0 Å². The maximum absolute atomic E-state index is 12.1. The molecule has 0 atom stereocenters. The van der Waals surface area contributed by atoms with Gasteiger partial charge in [0, 0.05) is 30.6 Å². The Bertz CT molecular complexity index is 1010. The molecule has 0 spiro atoms. The van der Waals surface area contributed by atoms with Crippen molar-refractivity contribution in [1.29, 1.82) is 0 Å². The summed E-state index contributed by atoms with van der Waals surface area (Å²) >= 11 is 1.67. The average molecular weight is 359 g/mol. The summed E-state index contributed by atoms with van der Waals surface area (Å²) in [5.41, 5.74) is 3.93. The van der Waals surface area contributed by atoms with Crippen LogP contribution >= 0.6 is 11.3 Å². The van der Waals surface area contributed by atoms with Crippen LogP contribution in [0.1, 0.15) is 12.5 Å². The van der Waals surface area contributed by atoms with Crippen molar-refractivity contribution in [2.75, 3.05) is 4.90 Å². The number of thiazole rings is 1. The summed E-state index contributed by atoms with van der Waals surface area (Å²) in [5, 5.41) is 0.986. The first kappa shape index (κ1) is 16.4. The topological polar surface area (TPSA) is 46.1 Å². The van der Waals surface area contributed by atoms with E-state index in [1.165, 1.54) is 4.70 Å². The van der Waals surface area contributed by atoms with Crippen LogP contribution < -0.4 is 4.90 Å². The molecule has 0 bridgehead atoms. The van der Waals surface area contributed by atoms with E-state index in [0.29, 0.717) is 6.54 Å². The Morgan fingerprint density at radius 3 is 2.54 bits per heavy atom. The van der Waals surface area contributed by atoms with Crippen LogP contribution in [0.3, 0.4) is 0 Å². The summed E-state index contributed by atoms with van der Waals surface area (Å²) in [6.45, 7) is 2.08. The highest BCUT2D eigenvalue weighted by molar-refractivity contribution is 7.21. The normalized spacial score (nSPS) is 10.8. The van der Waals surface area contributed by atoms with E-state index < -0.39 is 0 Å².